The molecule has 10 nitrogen and oxygen atoms in total. The quantitative estimate of drug-likeness (QED) is 0.0799. The molecule has 256 valence electrons. The zero-order valence-corrected chi connectivity index (χ0v) is 27.0. The Balaban J connectivity index is 0.00000270. The fourth-order valence-corrected chi connectivity index (χ4v) is 6.86. The molecule has 2 heterocycles. The van der Waals surface area contributed by atoms with Crippen LogP contribution in [0.15, 0.2) is 101 Å². The van der Waals surface area contributed by atoms with Gasteiger partial charge >= 0.3 is 11.0 Å². The first-order valence-corrected chi connectivity index (χ1v) is 16.1. The maximum absolute atomic E-state index is 12.9. The van der Waals surface area contributed by atoms with Crippen molar-refractivity contribution in [2.75, 3.05) is 11.9 Å². The summed E-state index contributed by atoms with van der Waals surface area (Å²) in [5.74, 6) is -0.0567. The molecule has 4 aromatic carbocycles. The number of unbranched alkanes of at least 4 members (excludes halogenated alkanes) is 1. The predicted molar refractivity (Wildman–Crippen MR) is 190 cm³/mol. The van der Waals surface area contributed by atoms with Gasteiger partial charge in [0.25, 0.3) is 0 Å². The number of thiazole rings is 1. The number of aromatic hydroxyl groups is 1. The van der Waals surface area contributed by atoms with E-state index >= 15 is 0 Å². The number of pyridine rings is 1. The second-order valence-corrected chi connectivity index (χ2v) is 12.4. The number of aryl methyl sites for hydroxylation is 2. The monoisotopic (exact) mass is 690 g/mol. The van der Waals surface area contributed by atoms with Crippen LogP contribution in [0.4, 0.5) is 19.9 Å². The first kappa shape index (κ1) is 36.5. The summed E-state index contributed by atoms with van der Waals surface area (Å²) in [6, 6.07) is 27.5. The molecule has 0 spiro atoms. The number of aliphatic hydroxyl groups is 1. The van der Waals surface area contributed by atoms with Crippen LogP contribution in [0.2, 0.25) is 0 Å². The Morgan fingerprint density at radius 1 is 0.898 bits per heavy atom. The van der Waals surface area contributed by atoms with Crippen molar-refractivity contribution in [1.82, 2.24) is 14.9 Å². The summed E-state index contributed by atoms with van der Waals surface area (Å²) >= 11 is 1.21. The zero-order valence-electron chi connectivity index (χ0n) is 26.2. The number of benzene rings is 4. The van der Waals surface area contributed by atoms with Crippen LogP contribution in [-0.2, 0) is 19.5 Å². The molecule has 1 amide bonds. The molecule has 49 heavy (non-hydrogen) atoms. The molecule has 13 heteroatoms. The zero-order chi connectivity index (χ0) is 32.9. The van der Waals surface area contributed by atoms with Crippen molar-refractivity contribution < 1.29 is 29.5 Å². The number of H-pyrrole nitrogens is 1. The second-order valence-electron chi connectivity index (χ2n) is 11.4. The fourth-order valence-electron chi connectivity index (χ4n) is 5.88. The maximum atomic E-state index is 12.9. The minimum atomic E-state index is -1.11. The van der Waals surface area contributed by atoms with Gasteiger partial charge in [-0.05, 0) is 71.8 Å². The van der Waals surface area contributed by atoms with Crippen molar-refractivity contribution in [2.45, 2.75) is 38.5 Å². The number of halogens is 2. The molecule has 6 aromatic rings. The van der Waals surface area contributed by atoms with Crippen molar-refractivity contribution in [1.29, 1.82) is 0 Å². The van der Waals surface area contributed by atoms with Crippen molar-refractivity contribution >= 4 is 44.2 Å². The number of aromatic amines is 1. The Morgan fingerprint density at radius 2 is 1.67 bits per heavy atom. The average Bonchev–Trinajstić information content (AvgIpc) is 3.37. The Hall–Kier alpha value is -5.37. The van der Waals surface area contributed by atoms with Gasteiger partial charge in [-0.2, -0.15) is 0 Å². The van der Waals surface area contributed by atoms with Crippen LogP contribution in [0.3, 0.4) is 0 Å². The van der Waals surface area contributed by atoms with Crippen molar-refractivity contribution in [3.8, 4) is 16.9 Å². The second kappa shape index (κ2) is 16.2. The molecule has 0 radical (unpaired) electrons. The van der Waals surface area contributed by atoms with E-state index in [1.807, 2.05) is 66.7 Å². The van der Waals surface area contributed by atoms with E-state index in [0.717, 1.165) is 51.7 Å². The van der Waals surface area contributed by atoms with Crippen molar-refractivity contribution in [2.24, 2.45) is 0 Å². The summed E-state index contributed by atoms with van der Waals surface area (Å²) in [6.45, 7) is 1.31. The molecule has 0 fully saturated rings. The third-order valence-electron chi connectivity index (χ3n) is 8.17. The van der Waals surface area contributed by atoms with Gasteiger partial charge in [0.05, 0.1) is 27.5 Å². The van der Waals surface area contributed by atoms with E-state index in [9.17, 15) is 29.7 Å². The highest BCUT2D eigenvalue weighted by atomic mass is 32.1. The van der Waals surface area contributed by atoms with Gasteiger partial charge in [-0.1, -0.05) is 65.9 Å². The van der Waals surface area contributed by atoms with E-state index in [-0.39, 0.29) is 32.1 Å². The normalized spacial score (nSPS) is 11.5. The number of nitrogens with zero attached hydrogens (tertiary/aromatic N) is 1. The van der Waals surface area contributed by atoms with Crippen LogP contribution in [0.25, 0.3) is 32.2 Å². The van der Waals surface area contributed by atoms with E-state index < -0.39 is 12.2 Å². The molecule has 0 saturated carbocycles. The van der Waals surface area contributed by atoms with E-state index in [2.05, 4.69) is 15.6 Å². The number of aromatic nitrogens is 2. The van der Waals surface area contributed by atoms with E-state index in [1.165, 1.54) is 23.5 Å². The molecule has 0 bridgehead atoms. The number of phenols is 1. The summed E-state index contributed by atoms with van der Waals surface area (Å²) < 4.78 is 2.70. The summed E-state index contributed by atoms with van der Waals surface area (Å²) in [5, 5.41) is 36.7. The SMILES string of the molecule is F.F.O=C(O)Nc1cc(CCCCn2c(=O)sc3cc(CNC[C@@H](O)c4ccc(O)c5[nH]c(=O)ccc45)ccc32)ccc1-c1ccccc1. The molecule has 0 aliphatic rings. The number of hydrogen-bond donors (Lipinski definition) is 6. The molecule has 2 aromatic heterocycles. The first-order valence-electron chi connectivity index (χ1n) is 15.3. The van der Waals surface area contributed by atoms with Gasteiger partial charge in [0.2, 0.25) is 5.56 Å². The smallest absolute Gasteiger partial charge is 0.409 e. The highest BCUT2D eigenvalue weighted by Crippen LogP contribution is 2.30. The first-order chi connectivity index (χ1) is 22.8. The summed E-state index contributed by atoms with van der Waals surface area (Å²) in [6.07, 6.45) is 0.389. The molecule has 0 unspecified atom stereocenters. The van der Waals surface area contributed by atoms with Gasteiger partial charge in [0.1, 0.15) is 5.75 Å². The standard InChI is InChI=1S/C36H34N4O6S.2FH/c41-30-15-12-26(27-13-16-33(43)39-34(27)30)31(42)21-37-20-23-10-14-29-32(19-23)47-36(46)40(29)17-5-4-6-22-9-11-25(24-7-2-1-3-8-24)28(18-22)38-35(44)45;;/h1-3,7-16,18-19,31,37-38,41-42H,4-6,17,20-21H2,(H,39,43)(H,44,45);2*1H/t31-;;/m1../s1. The number of rotatable bonds is 12. The minimum absolute atomic E-state index is 0. The van der Waals surface area contributed by atoms with Gasteiger partial charge < -0.3 is 25.6 Å². The summed E-state index contributed by atoms with van der Waals surface area (Å²) in [5.41, 5.74) is 5.73. The van der Waals surface area contributed by atoms with Gasteiger partial charge in [-0.25, -0.2) is 4.79 Å². The molecule has 1 atom stereocenters. The highest BCUT2D eigenvalue weighted by molar-refractivity contribution is 7.16. The van der Waals surface area contributed by atoms with Crippen LogP contribution >= 0.6 is 11.3 Å². The van der Waals surface area contributed by atoms with E-state index in [1.54, 1.807) is 16.7 Å². The van der Waals surface area contributed by atoms with Gasteiger partial charge in [0, 0.05) is 36.7 Å². The van der Waals surface area contributed by atoms with Crippen molar-refractivity contribution in [3.63, 3.8) is 0 Å². The number of fused-ring (bicyclic) bond motifs is 2. The number of hydrogen-bond acceptors (Lipinski definition) is 7. The Bertz CT molecular complexity index is 2180. The third kappa shape index (κ3) is 8.38. The lowest BCUT2D eigenvalue weighted by Crippen LogP contribution is -2.21. The van der Waals surface area contributed by atoms with E-state index in [0.29, 0.717) is 35.2 Å². The number of nitrogens with one attached hydrogen (secondary N) is 3. The highest BCUT2D eigenvalue weighted by Gasteiger charge is 2.15. The Kier molecular flexibility index (Phi) is 12.0. The molecular formula is C36H36F2N4O6S. The van der Waals surface area contributed by atoms with Crippen LogP contribution in [0.5, 0.6) is 5.75 Å². The molecular weight excluding hydrogens is 654 g/mol. The minimum Gasteiger partial charge on any atom is -0.506 e. The van der Waals surface area contributed by atoms with E-state index in [4.69, 9.17) is 0 Å². The van der Waals surface area contributed by atoms with Crippen LogP contribution in [0, 0.1) is 0 Å². The van der Waals surface area contributed by atoms with Crippen molar-refractivity contribution in [3.05, 3.63) is 128 Å². The molecule has 6 N–H and O–H groups in total. The lowest BCUT2D eigenvalue weighted by molar-refractivity contribution is 0.176. The lowest BCUT2D eigenvalue weighted by atomic mass is 9.99. The predicted octanol–water partition coefficient (Wildman–Crippen LogP) is 6.52. The van der Waals surface area contributed by atoms with Crippen LogP contribution in [0.1, 0.15) is 35.6 Å². The van der Waals surface area contributed by atoms with Gasteiger partial charge in [-0.3, -0.25) is 28.9 Å². The van der Waals surface area contributed by atoms with Crippen LogP contribution < -0.4 is 21.1 Å². The summed E-state index contributed by atoms with van der Waals surface area (Å²) in [4.78, 5) is 38.6. The molecule has 6 rings (SSSR count). The van der Waals surface area contributed by atoms with Gasteiger partial charge in [-0.15, -0.1) is 0 Å². The number of carbonyl (C=O) groups is 1. The molecule has 0 saturated heterocycles. The topological polar surface area (TPSA) is 157 Å². The number of anilines is 1. The third-order valence-corrected chi connectivity index (χ3v) is 9.11. The number of aliphatic hydroxyl groups excluding tert-OH is 1. The summed E-state index contributed by atoms with van der Waals surface area (Å²) in [7, 11) is 0. The van der Waals surface area contributed by atoms with Crippen LogP contribution in [-0.4, -0.2) is 37.5 Å². The largest absolute Gasteiger partial charge is 0.506 e. The lowest BCUT2D eigenvalue weighted by Gasteiger charge is -2.15. The Morgan fingerprint density at radius 3 is 2.45 bits per heavy atom. The molecule has 0 aliphatic heterocycles. The number of phenolic OH excluding ortho intramolecular Hbond substituents is 1. The van der Waals surface area contributed by atoms with Gasteiger partial charge in [0.15, 0.2) is 0 Å². The molecule has 0 aliphatic carbocycles. The Labute approximate surface area is 283 Å². The fraction of sp³-hybridized carbons (Fsp3) is 0.194. The number of amides is 1. The number of carboxylic acid groups (broad SMARTS) is 1. The average molecular weight is 691 g/mol. The maximum Gasteiger partial charge on any atom is 0.409 e.